The Bertz CT molecular complexity index is 1090. The zero-order valence-electron chi connectivity index (χ0n) is 15.8. The molecule has 0 spiro atoms. The predicted molar refractivity (Wildman–Crippen MR) is 111 cm³/mol. The molecule has 29 heavy (non-hydrogen) atoms. The van der Waals surface area contributed by atoms with Crippen molar-refractivity contribution in [2.24, 2.45) is 0 Å². The van der Waals surface area contributed by atoms with Gasteiger partial charge in [-0.25, -0.2) is 0 Å². The Morgan fingerprint density at radius 1 is 0.862 bits per heavy atom. The second kappa shape index (κ2) is 7.64. The number of benzene rings is 3. The molecule has 3 aromatic carbocycles. The summed E-state index contributed by atoms with van der Waals surface area (Å²) in [5.41, 5.74) is 1.72. The van der Waals surface area contributed by atoms with Crippen LogP contribution in [0.15, 0.2) is 90.5 Å². The molecule has 0 radical (unpaired) electrons. The van der Waals surface area contributed by atoms with Gasteiger partial charge >= 0.3 is 0 Å². The minimum Gasteiger partial charge on any atom is -0.507 e. The second-order valence-corrected chi connectivity index (χ2v) is 6.62. The lowest BCUT2D eigenvalue weighted by Crippen LogP contribution is -2.29. The third-order valence-electron chi connectivity index (χ3n) is 4.95. The quantitative estimate of drug-likeness (QED) is 0.413. The number of aliphatic hydroxyl groups is 1. The molecule has 1 heterocycles. The minimum absolute atomic E-state index is 0.0540. The smallest absolute Gasteiger partial charge is 0.300 e. The monoisotopic (exact) mass is 385 g/mol. The number of nitrogens with zero attached hydrogens (tertiary/aromatic N) is 1. The average Bonchev–Trinajstić information content (AvgIpc) is 3.05. The van der Waals surface area contributed by atoms with Gasteiger partial charge in [-0.3, -0.25) is 14.5 Å². The summed E-state index contributed by atoms with van der Waals surface area (Å²) < 4.78 is 5.42. The van der Waals surface area contributed by atoms with Crippen LogP contribution in [0, 0.1) is 0 Å². The molecule has 5 heteroatoms. The zero-order chi connectivity index (χ0) is 20.4. The molecule has 0 bridgehead atoms. The number of hydrogen-bond acceptors (Lipinski definition) is 4. The van der Waals surface area contributed by atoms with Crippen LogP contribution in [-0.4, -0.2) is 23.9 Å². The molecule has 1 saturated heterocycles. The van der Waals surface area contributed by atoms with E-state index < -0.39 is 17.7 Å². The third-order valence-corrected chi connectivity index (χ3v) is 4.95. The number of methoxy groups -OCH3 is 1. The number of carbonyl (C=O) groups excluding carboxylic acids is 2. The molecule has 0 aliphatic carbocycles. The number of aliphatic hydroxyl groups excluding tert-OH is 1. The van der Waals surface area contributed by atoms with Gasteiger partial charge in [0.25, 0.3) is 11.7 Å². The van der Waals surface area contributed by atoms with Crippen molar-refractivity contribution < 1.29 is 19.4 Å². The Kier molecular flexibility index (Phi) is 4.87. The van der Waals surface area contributed by atoms with Crippen molar-refractivity contribution >= 4 is 23.1 Å². The number of rotatable bonds is 4. The van der Waals surface area contributed by atoms with Crippen LogP contribution in [0.25, 0.3) is 5.76 Å². The lowest BCUT2D eigenvalue weighted by Gasteiger charge is -2.26. The Balaban J connectivity index is 1.97. The molecule has 4 rings (SSSR count). The van der Waals surface area contributed by atoms with Crippen molar-refractivity contribution in [3.8, 4) is 5.75 Å². The third kappa shape index (κ3) is 3.17. The van der Waals surface area contributed by atoms with Crippen molar-refractivity contribution in [1.82, 2.24) is 0 Å². The average molecular weight is 385 g/mol. The van der Waals surface area contributed by atoms with E-state index in [4.69, 9.17) is 4.74 Å². The molecule has 0 aromatic heterocycles. The number of para-hydroxylation sites is 2. The van der Waals surface area contributed by atoms with E-state index in [1.165, 1.54) is 12.0 Å². The molecule has 0 saturated carbocycles. The van der Waals surface area contributed by atoms with Crippen LogP contribution in [0.3, 0.4) is 0 Å². The number of hydrogen-bond donors (Lipinski definition) is 1. The van der Waals surface area contributed by atoms with Gasteiger partial charge in [-0.15, -0.1) is 0 Å². The van der Waals surface area contributed by atoms with E-state index in [-0.39, 0.29) is 11.3 Å². The molecule has 1 fully saturated rings. The van der Waals surface area contributed by atoms with Crippen LogP contribution < -0.4 is 9.64 Å². The van der Waals surface area contributed by atoms with Gasteiger partial charge in [0.1, 0.15) is 11.5 Å². The van der Waals surface area contributed by atoms with Gasteiger partial charge in [0.15, 0.2) is 0 Å². The van der Waals surface area contributed by atoms with E-state index in [0.717, 1.165) is 5.56 Å². The highest BCUT2D eigenvalue weighted by molar-refractivity contribution is 6.51. The summed E-state index contributed by atoms with van der Waals surface area (Å²) in [6.07, 6.45) is 0. The Hall–Kier alpha value is -3.86. The van der Waals surface area contributed by atoms with Gasteiger partial charge in [0.05, 0.1) is 24.4 Å². The summed E-state index contributed by atoms with van der Waals surface area (Å²) in [4.78, 5) is 27.5. The minimum atomic E-state index is -0.771. The van der Waals surface area contributed by atoms with Crippen LogP contribution in [0.5, 0.6) is 5.75 Å². The highest BCUT2D eigenvalue weighted by atomic mass is 16.5. The number of ketones is 1. The van der Waals surface area contributed by atoms with Crippen LogP contribution in [0.4, 0.5) is 5.69 Å². The lowest BCUT2D eigenvalue weighted by atomic mass is 9.95. The van der Waals surface area contributed by atoms with Gasteiger partial charge < -0.3 is 9.84 Å². The van der Waals surface area contributed by atoms with Gasteiger partial charge in [-0.2, -0.15) is 0 Å². The number of ether oxygens (including phenoxy) is 1. The first kappa shape index (κ1) is 18.5. The molecule has 1 aliphatic rings. The largest absolute Gasteiger partial charge is 0.507 e. The topological polar surface area (TPSA) is 66.8 Å². The van der Waals surface area contributed by atoms with E-state index in [1.54, 1.807) is 48.5 Å². The van der Waals surface area contributed by atoms with E-state index in [9.17, 15) is 14.7 Å². The summed E-state index contributed by atoms with van der Waals surface area (Å²) in [7, 11) is 1.51. The van der Waals surface area contributed by atoms with Crippen molar-refractivity contribution in [1.29, 1.82) is 0 Å². The molecule has 5 nitrogen and oxygen atoms in total. The fraction of sp³-hybridized carbons (Fsp3) is 0.0833. The SMILES string of the molecule is COc1ccccc1N1C(=O)C(=O)C(=C(O)c2ccccc2)[C@H]1c1ccccc1. The molecule has 0 unspecified atom stereocenters. The first-order valence-corrected chi connectivity index (χ1v) is 9.18. The number of Topliss-reactive ketones (excluding diaryl/α,β-unsaturated/α-hetero) is 1. The molecule has 3 aromatic rings. The van der Waals surface area contributed by atoms with Crippen molar-refractivity contribution in [2.45, 2.75) is 6.04 Å². The highest BCUT2D eigenvalue weighted by Crippen LogP contribution is 2.44. The van der Waals surface area contributed by atoms with Crippen LogP contribution >= 0.6 is 0 Å². The Morgan fingerprint density at radius 3 is 2.10 bits per heavy atom. The van der Waals surface area contributed by atoms with Crippen molar-refractivity contribution in [2.75, 3.05) is 12.0 Å². The summed E-state index contributed by atoms with van der Waals surface area (Å²) >= 11 is 0. The molecule has 1 aliphatic heterocycles. The number of anilines is 1. The summed E-state index contributed by atoms with van der Waals surface area (Å²) in [5.74, 6) is -1.17. The summed E-state index contributed by atoms with van der Waals surface area (Å²) in [5, 5.41) is 11.0. The highest BCUT2D eigenvalue weighted by Gasteiger charge is 2.47. The van der Waals surface area contributed by atoms with Crippen molar-refractivity contribution in [3.63, 3.8) is 0 Å². The fourth-order valence-corrected chi connectivity index (χ4v) is 3.61. The van der Waals surface area contributed by atoms with E-state index >= 15 is 0 Å². The van der Waals surface area contributed by atoms with Gasteiger partial charge in [0.2, 0.25) is 0 Å². The predicted octanol–water partition coefficient (Wildman–Crippen LogP) is 4.32. The maximum absolute atomic E-state index is 13.1. The Labute approximate surface area is 168 Å². The number of carbonyl (C=O) groups is 2. The van der Waals surface area contributed by atoms with Gasteiger partial charge in [-0.1, -0.05) is 72.8 Å². The molecule has 1 atom stereocenters. The lowest BCUT2D eigenvalue weighted by molar-refractivity contribution is -0.132. The normalized spacial score (nSPS) is 18.1. The summed E-state index contributed by atoms with van der Waals surface area (Å²) in [6.45, 7) is 0. The maximum atomic E-state index is 13.1. The van der Waals surface area contributed by atoms with Crippen LogP contribution in [-0.2, 0) is 9.59 Å². The molecular weight excluding hydrogens is 366 g/mol. The van der Waals surface area contributed by atoms with Gasteiger partial charge in [-0.05, 0) is 17.7 Å². The fourth-order valence-electron chi connectivity index (χ4n) is 3.61. The number of amides is 1. The summed E-state index contributed by atoms with van der Waals surface area (Å²) in [6, 6.07) is 24.2. The first-order chi connectivity index (χ1) is 14.1. The first-order valence-electron chi connectivity index (χ1n) is 9.18. The molecular formula is C24H19NO4. The van der Waals surface area contributed by atoms with Crippen LogP contribution in [0.2, 0.25) is 0 Å². The van der Waals surface area contributed by atoms with E-state index in [0.29, 0.717) is 17.0 Å². The van der Waals surface area contributed by atoms with Gasteiger partial charge in [0, 0.05) is 5.56 Å². The Morgan fingerprint density at radius 2 is 1.45 bits per heavy atom. The van der Waals surface area contributed by atoms with E-state index in [1.807, 2.05) is 36.4 Å². The molecule has 1 N–H and O–H groups in total. The second-order valence-electron chi connectivity index (χ2n) is 6.62. The zero-order valence-corrected chi connectivity index (χ0v) is 15.8. The van der Waals surface area contributed by atoms with Crippen molar-refractivity contribution in [3.05, 3.63) is 102 Å². The van der Waals surface area contributed by atoms with E-state index in [2.05, 4.69) is 0 Å². The standard InChI is InChI=1S/C24H19NO4/c1-29-19-15-9-8-14-18(19)25-21(16-10-4-2-5-11-16)20(23(27)24(25)28)22(26)17-12-6-3-7-13-17/h2-15,21,26H,1H3/t21-/m1/s1. The molecule has 144 valence electrons. The molecule has 1 amide bonds. The van der Waals surface area contributed by atoms with Crippen LogP contribution in [0.1, 0.15) is 17.2 Å². The maximum Gasteiger partial charge on any atom is 0.300 e.